The first-order valence-electron chi connectivity index (χ1n) is 4.34. The van der Waals surface area contributed by atoms with Crippen molar-refractivity contribution in [3.63, 3.8) is 0 Å². The lowest BCUT2D eigenvalue weighted by Crippen LogP contribution is -2.13. The monoisotopic (exact) mass is 205 g/mol. The Labute approximate surface area is 86.6 Å². The molecule has 2 aromatic heterocycles. The van der Waals surface area contributed by atoms with Gasteiger partial charge in [-0.3, -0.25) is 4.98 Å². The Bertz CT molecular complexity index is 411. The van der Waals surface area contributed by atoms with Gasteiger partial charge >= 0.3 is 0 Å². The summed E-state index contributed by atoms with van der Waals surface area (Å²) in [6.07, 6.45) is 5.35. The predicted molar refractivity (Wildman–Crippen MR) is 57.1 cm³/mol. The molecule has 0 spiro atoms. The van der Waals surface area contributed by atoms with Gasteiger partial charge in [0.05, 0.1) is 6.04 Å². The van der Waals surface area contributed by atoms with Crippen LogP contribution in [0.25, 0.3) is 0 Å². The SMILES string of the molecule is Cc1ccncc1C(N)c1nccs1. The van der Waals surface area contributed by atoms with Crippen LogP contribution in [0.5, 0.6) is 0 Å². The van der Waals surface area contributed by atoms with Gasteiger partial charge in [-0.05, 0) is 24.1 Å². The van der Waals surface area contributed by atoms with Crippen molar-refractivity contribution >= 4 is 11.3 Å². The Kier molecular flexibility index (Phi) is 2.56. The van der Waals surface area contributed by atoms with Crippen molar-refractivity contribution in [1.82, 2.24) is 9.97 Å². The number of aromatic nitrogens is 2. The average Bonchev–Trinajstić information content (AvgIpc) is 2.70. The highest BCUT2D eigenvalue weighted by Crippen LogP contribution is 2.22. The van der Waals surface area contributed by atoms with Gasteiger partial charge in [0.2, 0.25) is 0 Å². The smallest absolute Gasteiger partial charge is 0.114 e. The molecule has 2 heterocycles. The van der Waals surface area contributed by atoms with E-state index in [-0.39, 0.29) is 6.04 Å². The molecule has 2 aromatic rings. The quantitative estimate of drug-likeness (QED) is 0.814. The molecule has 0 aromatic carbocycles. The molecule has 2 N–H and O–H groups in total. The van der Waals surface area contributed by atoms with Gasteiger partial charge in [0.1, 0.15) is 5.01 Å². The van der Waals surface area contributed by atoms with Gasteiger partial charge < -0.3 is 5.73 Å². The van der Waals surface area contributed by atoms with E-state index < -0.39 is 0 Å². The van der Waals surface area contributed by atoms with E-state index in [0.29, 0.717) is 0 Å². The van der Waals surface area contributed by atoms with Crippen molar-refractivity contribution in [2.24, 2.45) is 5.73 Å². The summed E-state index contributed by atoms with van der Waals surface area (Å²) in [7, 11) is 0. The number of nitrogens with zero attached hydrogens (tertiary/aromatic N) is 2. The molecule has 14 heavy (non-hydrogen) atoms. The topological polar surface area (TPSA) is 51.8 Å². The Morgan fingerprint density at radius 2 is 2.29 bits per heavy atom. The van der Waals surface area contributed by atoms with Gasteiger partial charge in [-0.1, -0.05) is 0 Å². The van der Waals surface area contributed by atoms with E-state index in [4.69, 9.17) is 5.73 Å². The van der Waals surface area contributed by atoms with E-state index in [1.54, 1.807) is 29.9 Å². The first kappa shape index (κ1) is 9.30. The highest BCUT2D eigenvalue weighted by atomic mass is 32.1. The lowest BCUT2D eigenvalue weighted by Gasteiger charge is -2.10. The lowest BCUT2D eigenvalue weighted by atomic mass is 10.1. The first-order chi connectivity index (χ1) is 6.79. The fraction of sp³-hybridized carbons (Fsp3) is 0.200. The van der Waals surface area contributed by atoms with Crippen LogP contribution in [0.4, 0.5) is 0 Å². The highest BCUT2D eigenvalue weighted by molar-refractivity contribution is 7.09. The number of pyridine rings is 1. The molecule has 0 radical (unpaired) electrons. The van der Waals surface area contributed by atoms with E-state index in [1.165, 1.54) is 0 Å². The zero-order valence-electron chi connectivity index (χ0n) is 7.84. The summed E-state index contributed by atoms with van der Waals surface area (Å²) >= 11 is 1.57. The molecule has 0 bridgehead atoms. The largest absolute Gasteiger partial charge is 0.318 e. The number of nitrogens with two attached hydrogens (primary N) is 1. The molecular weight excluding hydrogens is 194 g/mol. The number of thiazole rings is 1. The summed E-state index contributed by atoms with van der Waals surface area (Å²) in [6.45, 7) is 2.03. The molecule has 0 aliphatic rings. The van der Waals surface area contributed by atoms with Gasteiger partial charge in [0, 0.05) is 24.0 Å². The summed E-state index contributed by atoms with van der Waals surface area (Å²) in [4.78, 5) is 8.27. The van der Waals surface area contributed by atoms with E-state index in [2.05, 4.69) is 9.97 Å². The molecule has 0 amide bonds. The van der Waals surface area contributed by atoms with Crippen molar-refractivity contribution in [3.05, 3.63) is 46.2 Å². The maximum atomic E-state index is 6.07. The molecule has 0 saturated carbocycles. The fourth-order valence-corrected chi connectivity index (χ4v) is 1.98. The molecule has 72 valence electrons. The lowest BCUT2D eigenvalue weighted by molar-refractivity contribution is 0.840. The number of hydrogen-bond donors (Lipinski definition) is 1. The third kappa shape index (κ3) is 1.66. The summed E-state index contributed by atoms with van der Waals surface area (Å²) in [5, 5.41) is 2.86. The second-order valence-electron chi connectivity index (χ2n) is 3.08. The Morgan fingerprint density at radius 3 is 2.93 bits per heavy atom. The Hall–Kier alpha value is -1.26. The van der Waals surface area contributed by atoms with Gasteiger partial charge in [0.25, 0.3) is 0 Å². The molecule has 4 heteroatoms. The molecular formula is C10H11N3S. The van der Waals surface area contributed by atoms with Crippen LogP contribution in [0.15, 0.2) is 30.0 Å². The van der Waals surface area contributed by atoms with Crippen LogP contribution in [-0.4, -0.2) is 9.97 Å². The molecule has 0 aliphatic heterocycles. The molecule has 1 unspecified atom stereocenters. The summed E-state index contributed by atoms with van der Waals surface area (Å²) < 4.78 is 0. The molecule has 0 saturated heterocycles. The summed E-state index contributed by atoms with van der Waals surface area (Å²) in [6, 6.07) is 1.81. The minimum absolute atomic E-state index is 0.149. The summed E-state index contributed by atoms with van der Waals surface area (Å²) in [5.74, 6) is 0. The predicted octanol–water partition coefficient (Wildman–Crippen LogP) is 1.89. The standard InChI is InChI=1S/C10H11N3S/c1-7-2-3-12-6-8(7)9(11)10-13-4-5-14-10/h2-6,9H,11H2,1H3. The van der Waals surface area contributed by atoms with Gasteiger partial charge in [-0.15, -0.1) is 11.3 Å². The minimum Gasteiger partial charge on any atom is -0.318 e. The van der Waals surface area contributed by atoms with E-state index >= 15 is 0 Å². The maximum absolute atomic E-state index is 6.07. The number of hydrogen-bond acceptors (Lipinski definition) is 4. The van der Waals surface area contributed by atoms with Crippen molar-refractivity contribution in [1.29, 1.82) is 0 Å². The van der Waals surface area contributed by atoms with Crippen LogP contribution in [0.1, 0.15) is 22.2 Å². The molecule has 1 atom stereocenters. The van der Waals surface area contributed by atoms with Crippen LogP contribution in [0.3, 0.4) is 0 Å². The molecule has 0 fully saturated rings. The van der Waals surface area contributed by atoms with Crippen LogP contribution in [0, 0.1) is 6.92 Å². The molecule has 0 aliphatic carbocycles. The first-order valence-corrected chi connectivity index (χ1v) is 5.22. The van der Waals surface area contributed by atoms with Crippen LogP contribution in [-0.2, 0) is 0 Å². The molecule has 3 nitrogen and oxygen atoms in total. The Morgan fingerprint density at radius 1 is 1.43 bits per heavy atom. The number of aryl methyl sites for hydroxylation is 1. The van der Waals surface area contributed by atoms with Crippen molar-refractivity contribution in [2.45, 2.75) is 13.0 Å². The maximum Gasteiger partial charge on any atom is 0.114 e. The molecule has 2 rings (SSSR count). The highest BCUT2D eigenvalue weighted by Gasteiger charge is 2.13. The fourth-order valence-electron chi connectivity index (χ4n) is 1.32. The van der Waals surface area contributed by atoms with E-state index in [0.717, 1.165) is 16.1 Å². The van der Waals surface area contributed by atoms with Crippen molar-refractivity contribution in [3.8, 4) is 0 Å². The summed E-state index contributed by atoms with van der Waals surface area (Å²) in [5.41, 5.74) is 8.27. The van der Waals surface area contributed by atoms with E-state index in [9.17, 15) is 0 Å². The minimum atomic E-state index is -0.149. The van der Waals surface area contributed by atoms with Gasteiger partial charge in [-0.25, -0.2) is 4.98 Å². The van der Waals surface area contributed by atoms with Crippen LogP contribution >= 0.6 is 11.3 Å². The second kappa shape index (κ2) is 3.86. The normalized spacial score (nSPS) is 12.7. The third-order valence-electron chi connectivity index (χ3n) is 2.13. The average molecular weight is 205 g/mol. The van der Waals surface area contributed by atoms with Crippen molar-refractivity contribution in [2.75, 3.05) is 0 Å². The third-order valence-corrected chi connectivity index (χ3v) is 2.99. The van der Waals surface area contributed by atoms with E-state index in [1.807, 2.05) is 18.4 Å². The van der Waals surface area contributed by atoms with Gasteiger partial charge in [0.15, 0.2) is 0 Å². The van der Waals surface area contributed by atoms with Crippen LogP contribution in [0.2, 0.25) is 0 Å². The number of rotatable bonds is 2. The second-order valence-corrected chi connectivity index (χ2v) is 4.01. The van der Waals surface area contributed by atoms with Gasteiger partial charge in [-0.2, -0.15) is 0 Å². The zero-order chi connectivity index (χ0) is 9.97. The zero-order valence-corrected chi connectivity index (χ0v) is 8.66. The van der Waals surface area contributed by atoms with Crippen molar-refractivity contribution < 1.29 is 0 Å². The van der Waals surface area contributed by atoms with Crippen LogP contribution < -0.4 is 5.73 Å². The Balaban J connectivity index is 2.37.